The Morgan fingerprint density at radius 2 is 1.86 bits per heavy atom. The molecular weight excluding hydrogens is 279 g/mol. The molecule has 6 heteroatoms. The Bertz CT molecular complexity index is 576. The molecule has 0 spiro atoms. The first-order chi connectivity index (χ1) is 10.0. The third-order valence-corrected chi connectivity index (χ3v) is 3.12. The van der Waals surface area contributed by atoms with Crippen molar-refractivity contribution in [3.05, 3.63) is 53.3 Å². The molecule has 0 aliphatic heterocycles. The van der Waals surface area contributed by atoms with Crippen molar-refractivity contribution in [3.63, 3.8) is 0 Å². The van der Waals surface area contributed by atoms with Gasteiger partial charge in [-0.1, -0.05) is 31.2 Å². The summed E-state index contributed by atoms with van der Waals surface area (Å²) in [5.41, 5.74) is 1.19. The minimum atomic E-state index is -4.40. The number of nitrogens with one attached hydrogen (secondary N) is 1. The molecule has 0 radical (unpaired) electrons. The van der Waals surface area contributed by atoms with Crippen LogP contribution >= 0.6 is 0 Å². The molecule has 0 bridgehead atoms. The van der Waals surface area contributed by atoms with Crippen molar-refractivity contribution < 1.29 is 13.2 Å². The normalized spacial score (nSPS) is 11.8. The lowest BCUT2D eigenvalue weighted by atomic mass is 10.1. The van der Waals surface area contributed by atoms with Gasteiger partial charge in [0, 0.05) is 12.7 Å². The van der Waals surface area contributed by atoms with E-state index in [1.807, 2.05) is 24.3 Å². The van der Waals surface area contributed by atoms with E-state index in [0.29, 0.717) is 13.1 Å². The molecule has 0 saturated carbocycles. The molecular formula is C15H18F3N3. The van der Waals surface area contributed by atoms with Crippen LogP contribution in [0.4, 0.5) is 13.2 Å². The smallest absolute Gasteiger partial charge is 0.313 e. The van der Waals surface area contributed by atoms with Gasteiger partial charge in [0.15, 0.2) is 5.69 Å². The van der Waals surface area contributed by atoms with Crippen LogP contribution in [0, 0.1) is 0 Å². The highest BCUT2D eigenvalue weighted by Crippen LogP contribution is 2.27. The molecule has 1 N–H and O–H groups in total. The number of alkyl halides is 3. The highest BCUT2D eigenvalue weighted by atomic mass is 19.4. The van der Waals surface area contributed by atoms with Crippen LogP contribution in [-0.2, 0) is 19.3 Å². The van der Waals surface area contributed by atoms with Gasteiger partial charge in [-0.15, -0.1) is 0 Å². The lowest BCUT2D eigenvalue weighted by Crippen LogP contribution is -2.16. The van der Waals surface area contributed by atoms with E-state index >= 15 is 0 Å². The topological polar surface area (TPSA) is 29.9 Å². The molecule has 1 aromatic carbocycles. The monoisotopic (exact) mass is 297 g/mol. The van der Waals surface area contributed by atoms with Gasteiger partial charge in [0.05, 0.1) is 6.54 Å². The van der Waals surface area contributed by atoms with Crippen molar-refractivity contribution in [2.45, 2.75) is 32.6 Å². The second-order valence-corrected chi connectivity index (χ2v) is 4.84. The highest BCUT2D eigenvalue weighted by Gasteiger charge is 2.33. The number of hydrogen-bond donors (Lipinski definition) is 1. The first-order valence-corrected chi connectivity index (χ1v) is 6.89. The van der Waals surface area contributed by atoms with Crippen LogP contribution in [0.5, 0.6) is 0 Å². The zero-order valence-corrected chi connectivity index (χ0v) is 11.8. The van der Waals surface area contributed by atoms with E-state index < -0.39 is 11.9 Å². The average Bonchev–Trinajstić information content (AvgIpc) is 2.89. The van der Waals surface area contributed by atoms with Crippen molar-refractivity contribution in [3.8, 4) is 0 Å². The number of aromatic nitrogens is 2. The number of hydrogen-bond acceptors (Lipinski definition) is 2. The summed E-state index contributed by atoms with van der Waals surface area (Å²) in [6.45, 7) is 4.03. The maximum Gasteiger partial charge on any atom is 0.435 e. The quantitative estimate of drug-likeness (QED) is 0.828. The minimum Gasteiger partial charge on any atom is -0.313 e. The van der Waals surface area contributed by atoms with E-state index in [1.165, 1.54) is 10.9 Å². The number of halogens is 3. The largest absolute Gasteiger partial charge is 0.435 e. The molecule has 0 saturated heterocycles. The Balaban J connectivity index is 2.10. The fourth-order valence-electron chi connectivity index (χ4n) is 2.06. The van der Waals surface area contributed by atoms with E-state index in [2.05, 4.69) is 17.3 Å². The zero-order valence-electron chi connectivity index (χ0n) is 11.8. The summed E-state index contributed by atoms with van der Waals surface area (Å²) in [5, 5.41) is 6.88. The van der Waals surface area contributed by atoms with Crippen LogP contribution in [0.15, 0.2) is 36.5 Å². The standard InChI is InChI=1S/C15H18F3N3/c1-2-8-19-10-12-5-3-4-6-13(12)11-21-9-7-14(20-21)15(16,17)18/h3-7,9,19H,2,8,10-11H2,1H3. The molecule has 1 heterocycles. The summed E-state index contributed by atoms with van der Waals surface area (Å²) in [6.07, 6.45) is -2.00. The Morgan fingerprint density at radius 3 is 2.48 bits per heavy atom. The summed E-state index contributed by atoms with van der Waals surface area (Å²) < 4.78 is 38.9. The van der Waals surface area contributed by atoms with Crippen molar-refractivity contribution in [1.29, 1.82) is 0 Å². The van der Waals surface area contributed by atoms with Crippen molar-refractivity contribution in [2.24, 2.45) is 0 Å². The molecule has 0 amide bonds. The third-order valence-electron chi connectivity index (χ3n) is 3.12. The number of rotatable bonds is 6. The second kappa shape index (κ2) is 6.76. The number of benzene rings is 1. The molecule has 2 rings (SSSR count). The molecule has 1 aromatic heterocycles. The summed E-state index contributed by atoms with van der Waals surface area (Å²) in [7, 11) is 0. The molecule has 0 atom stereocenters. The molecule has 21 heavy (non-hydrogen) atoms. The van der Waals surface area contributed by atoms with Gasteiger partial charge in [-0.3, -0.25) is 4.68 Å². The molecule has 114 valence electrons. The summed E-state index contributed by atoms with van der Waals surface area (Å²) in [5.74, 6) is 0. The molecule has 3 nitrogen and oxygen atoms in total. The van der Waals surface area contributed by atoms with Crippen molar-refractivity contribution in [2.75, 3.05) is 6.54 Å². The van der Waals surface area contributed by atoms with Gasteiger partial charge in [-0.2, -0.15) is 18.3 Å². The SMILES string of the molecule is CCCNCc1ccccc1Cn1ccc(C(F)(F)F)n1. The van der Waals surface area contributed by atoms with Gasteiger partial charge in [-0.25, -0.2) is 0 Å². The van der Waals surface area contributed by atoms with Gasteiger partial charge in [0.25, 0.3) is 0 Å². The third kappa shape index (κ3) is 4.32. The van der Waals surface area contributed by atoms with Crippen LogP contribution in [0.3, 0.4) is 0 Å². The fraction of sp³-hybridized carbons (Fsp3) is 0.400. The van der Waals surface area contributed by atoms with Crippen LogP contribution in [0.2, 0.25) is 0 Å². The molecule has 0 unspecified atom stereocenters. The van der Waals surface area contributed by atoms with Gasteiger partial charge >= 0.3 is 6.18 Å². The van der Waals surface area contributed by atoms with Crippen LogP contribution in [-0.4, -0.2) is 16.3 Å². The van der Waals surface area contributed by atoms with Crippen LogP contribution < -0.4 is 5.32 Å². The predicted octanol–water partition coefficient (Wildman–Crippen LogP) is 3.45. The Morgan fingerprint density at radius 1 is 1.14 bits per heavy atom. The maximum absolute atomic E-state index is 12.5. The summed E-state index contributed by atoms with van der Waals surface area (Å²) in [6, 6.07) is 8.70. The summed E-state index contributed by atoms with van der Waals surface area (Å²) >= 11 is 0. The first-order valence-electron chi connectivity index (χ1n) is 6.89. The first kappa shape index (κ1) is 15.6. The van der Waals surface area contributed by atoms with Crippen molar-refractivity contribution >= 4 is 0 Å². The lowest BCUT2D eigenvalue weighted by molar-refractivity contribution is -0.141. The predicted molar refractivity (Wildman–Crippen MR) is 74.8 cm³/mol. The Kier molecular flexibility index (Phi) is 5.01. The van der Waals surface area contributed by atoms with Gasteiger partial charge < -0.3 is 5.32 Å². The van der Waals surface area contributed by atoms with E-state index in [0.717, 1.165) is 30.2 Å². The Labute approximate surface area is 121 Å². The van der Waals surface area contributed by atoms with Crippen LogP contribution in [0.1, 0.15) is 30.2 Å². The summed E-state index contributed by atoms with van der Waals surface area (Å²) in [4.78, 5) is 0. The zero-order chi connectivity index (χ0) is 15.3. The number of nitrogens with zero attached hydrogens (tertiary/aromatic N) is 2. The second-order valence-electron chi connectivity index (χ2n) is 4.84. The van der Waals surface area contributed by atoms with E-state index in [4.69, 9.17) is 0 Å². The van der Waals surface area contributed by atoms with E-state index in [1.54, 1.807) is 0 Å². The minimum absolute atomic E-state index is 0.333. The van der Waals surface area contributed by atoms with E-state index in [-0.39, 0.29) is 0 Å². The fourth-order valence-corrected chi connectivity index (χ4v) is 2.06. The van der Waals surface area contributed by atoms with Gasteiger partial charge in [0.2, 0.25) is 0 Å². The highest BCUT2D eigenvalue weighted by molar-refractivity contribution is 5.27. The Hall–Kier alpha value is -1.82. The maximum atomic E-state index is 12.5. The molecule has 0 aliphatic carbocycles. The molecule has 0 aliphatic rings. The molecule has 0 fully saturated rings. The lowest BCUT2D eigenvalue weighted by Gasteiger charge is -2.10. The van der Waals surface area contributed by atoms with E-state index in [9.17, 15) is 13.2 Å². The van der Waals surface area contributed by atoms with Crippen LogP contribution in [0.25, 0.3) is 0 Å². The average molecular weight is 297 g/mol. The molecule has 2 aromatic rings. The van der Waals surface area contributed by atoms with Gasteiger partial charge in [0.1, 0.15) is 0 Å². The van der Waals surface area contributed by atoms with Crippen molar-refractivity contribution in [1.82, 2.24) is 15.1 Å². The van der Waals surface area contributed by atoms with Gasteiger partial charge in [-0.05, 0) is 30.2 Å².